The SMILES string of the molecule is CC(=O)O[SiH3].NC(CO)(CO)CO. The Bertz CT molecular complexity index is 131. The summed E-state index contributed by atoms with van der Waals surface area (Å²) in [5.74, 6) is -0.184. The Balaban J connectivity index is 0. The zero-order chi connectivity index (χ0) is 10.9. The van der Waals surface area contributed by atoms with Gasteiger partial charge >= 0.3 is 0 Å². The van der Waals surface area contributed by atoms with E-state index in [0.717, 1.165) is 0 Å². The number of aliphatic hydroxyl groups is 3. The van der Waals surface area contributed by atoms with Gasteiger partial charge in [-0.05, 0) is 0 Å². The fourth-order valence-electron chi connectivity index (χ4n) is 0.150. The first-order valence-corrected chi connectivity index (χ1v) is 4.43. The van der Waals surface area contributed by atoms with Gasteiger partial charge in [0.25, 0.3) is 5.97 Å². The molecule has 0 aromatic carbocycles. The Morgan fingerprint density at radius 2 is 1.62 bits per heavy atom. The van der Waals surface area contributed by atoms with Crippen molar-refractivity contribution in [2.45, 2.75) is 12.5 Å². The second-order valence-corrected chi connectivity index (χ2v) is 2.94. The average Bonchev–Trinajstić information content (AvgIpc) is 2.17. The molecule has 0 saturated heterocycles. The lowest BCUT2D eigenvalue weighted by atomic mass is 10.1. The largest absolute Gasteiger partial charge is 0.529 e. The van der Waals surface area contributed by atoms with Crippen LogP contribution in [-0.4, -0.2) is 57.1 Å². The third kappa shape index (κ3) is 9.44. The molecule has 0 aromatic heterocycles. The molecular weight excluding hydrogens is 194 g/mol. The van der Waals surface area contributed by atoms with Crippen molar-refractivity contribution in [2.75, 3.05) is 19.8 Å². The first kappa shape index (κ1) is 15.0. The van der Waals surface area contributed by atoms with E-state index >= 15 is 0 Å². The van der Waals surface area contributed by atoms with Crippen LogP contribution in [0.15, 0.2) is 0 Å². The minimum absolute atomic E-state index is 0.184. The van der Waals surface area contributed by atoms with Gasteiger partial charge in [-0.15, -0.1) is 0 Å². The van der Waals surface area contributed by atoms with Gasteiger partial charge in [-0.2, -0.15) is 0 Å². The van der Waals surface area contributed by atoms with Crippen molar-refractivity contribution in [3.63, 3.8) is 0 Å². The Hall–Kier alpha value is -0.473. The van der Waals surface area contributed by atoms with E-state index in [1.165, 1.54) is 6.92 Å². The van der Waals surface area contributed by atoms with Crippen LogP contribution < -0.4 is 5.73 Å². The second kappa shape index (κ2) is 8.14. The maximum absolute atomic E-state index is 9.62. The van der Waals surface area contributed by atoms with Crippen molar-refractivity contribution in [1.29, 1.82) is 0 Å². The molecule has 0 aliphatic heterocycles. The van der Waals surface area contributed by atoms with Crippen LogP contribution in [0, 0.1) is 0 Å². The number of hydrogen-bond acceptors (Lipinski definition) is 6. The van der Waals surface area contributed by atoms with Gasteiger partial charge in [0, 0.05) is 6.92 Å². The van der Waals surface area contributed by atoms with Crippen molar-refractivity contribution < 1.29 is 24.5 Å². The summed E-state index contributed by atoms with van der Waals surface area (Å²) in [7, 11) is 0.524. The standard InChI is InChI=1S/C4H11NO3.C2H6O2Si/c5-4(1-6,2-7)3-8;1-2(3)4-5/h6-8H,1-3,5H2;1,5H3. The molecule has 0 spiro atoms. The molecule has 0 atom stereocenters. The van der Waals surface area contributed by atoms with Crippen LogP contribution in [0.5, 0.6) is 0 Å². The monoisotopic (exact) mass is 211 g/mol. The highest BCUT2D eigenvalue weighted by molar-refractivity contribution is 6.04. The van der Waals surface area contributed by atoms with E-state index in [0.29, 0.717) is 10.5 Å². The quantitative estimate of drug-likeness (QED) is 0.360. The topological polar surface area (TPSA) is 113 Å². The van der Waals surface area contributed by atoms with E-state index in [-0.39, 0.29) is 5.97 Å². The molecule has 0 aliphatic carbocycles. The maximum atomic E-state index is 9.62. The van der Waals surface area contributed by atoms with Gasteiger partial charge in [0.05, 0.1) is 25.4 Å². The summed E-state index contributed by atoms with van der Waals surface area (Å²) in [6.07, 6.45) is 0. The normalized spacial score (nSPS) is 10.2. The lowest BCUT2D eigenvalue weighted by Crippen LogP contribution is -2.50. The van der Waals surface area contributed by atoms with Crippen molar-refractivity contribution in [2.24, 2.45) is 5.73 Å². The first-order valence-electron chi connectivity index (χ1n) is 3.61. The molecule has 13 heavy (non-hydrogen) atoms. The van der Waals surface area contributed by atoms with Crippen LogP contribution in [0.2, 0.25) is 0 Å². The molecule has 0 saturated carbocycles. The summed E-state index contributed by atoms with van der Waals surface area (Å²) in [5.41, 5.74) is 3.94. The first-order chi connectivity index (χ1) is 5.95. The number of aliphatic hydroxyl groups excluding tert-OH is 3. The molecule has 0 radical (unpaired) electrons. The summed E-state index contributed by atoms with van der Waals surface area (Å²) in [6, 6.07) is 0. The Labute approximate surface area is 79.9 Å². The molecule has 80 valence electrons. The summed E-state index contributed by atoms with van der Waals surface area (Å²) in [6.45, 7) is 0.188. The third-order valence-electron chi connectivity index (χ3n) is 1.23. The molecular formula is C6H17NO5Si. The van der Waals surface area contributed by atoms with Crippen LogP contribution >= 0.6 is 0 Å². The predicted octanol–water partition coefficient (Wildman–Crippen LogP) is -3.51. The molecule has 0 aromatic rings. The van der Waals surface area contributed by atoms with Crippen molar-refractivity contribution in [3.05, 3.63) is 0 Å². The van der Waals surface area contributed by atoms with Gasteiger partial charge in [0.1, 0.15) is 0 Å². The summed E-state index contributed by atoms with van der Waals surface area (Å²) in [5, 5.41) is 25.0. The number of carbonyl (C=O) groups is 1. The molecule has 0 heterocycles. The maximum Gasteiger partial charge on any atom is 0.288 e. The van der Waals surface area contributed by atoms with E-state index in [9.17, 15) is 4.79 Å². The fourth-order valence-corrected chi connectivity index (χ4v) is 0.150. The van der Waals surface area contributed by atoms with Crippen LogP contribution in [0.1, 0.15) is 6.92 Å². The van der Waals surface area contributed by atoms with E-state index in [1.54, 1.807) is 0 Å². The van der Waals surface area contributed by atoms with Gasteiger partial charge in [0.15, 0.2) is 0 Å². The average molecular weight is 211 g/mol. The van der Waals surface area contributed by atoms with Crippen molar-refractivity contribution in [1.82, 2.24) is 0 Å². The van der Waals surface area contributed by atoms with Crippen LogP contribution in [-0.2, 0) is 9.22 Å². The van der Waals surface area contributed by atoms with Gasteiger partial charge in [-0.3, -0.25) is 4.79 Å². The highest BCUT2D eigenvalue weighted by Crippen LogP contribution is 1.93. The van der Waals surface area contributed by atoms with E-state index in [2.05, 4.69) is 4.43 Å². The second-order valence-electron chi connectivity index (χ2n) is 2.53. The molecule has 0 amide bonds. The number of carbonyl (C=O) groups excluding carboxylic acids is 1. The molecule has 7 heteroatoms. The Morgan fingerprint density at radius 1 is 1.38 bits per heavy atom. The van der Waals surface area contributed by atoms with Crippen LogP contribution in [0.4, 0.5) is 0 Å². The van der Waals surface area contributed by atoms with Crippen LogP contribution in [0.3, 0.4) is 0 Å². The zero-order valence-electron chi connectivity index (χ0n) is 7.86. The molecule has 0 bridgehead atoms. The minimum Gasteiger partial charge on any atom is -0.529 e. The molecule has 6 nitrogen and oxygen atoms in total. The summed E-state index contributed by atoms with van der Waals surface area (Å²) >= 11 is 0. The molecule has 0 fully saturated rings. The summed E-state index contributed by atoms with van der Waals surface area (Å²) < 4.78 is 4.25. The number of rotatable bonds is 3. The van der Waals surface area contributed by atoms with E-state index in [4.69, 9.17) is 21.1 Å². The van der Waals surface area contributed by atoms with Gasteiger partial charge in [-0.1, -0.05) is 0 Å². The lowest BCUT2D eigenvalue weighted by molar-refractivity contribution is -0.131. The zero-order valence-corrected chi connectivity index (χ0v) is 9.86. The smallest absolute Gasteiger partial charge is 0.288 e. The molecule has 0 unspecified atom stereocenters. The highest BCUT2D eigenvalue weighted by Gasteiger charge is 2.20. The van der Waals surface area contributed by atoms with Gasteiger partial charge in [-0.25, -0.2) is 0 Å². The Kier molecular flexibility index (Phi) is 9.40. The van der Waals surface area contributed by atoms with E-state index in [1.807, 2.05) is 0 Å². The predicted molar refractivity (Wildman–Crippen MR) is 49.9 cm³/mol. The summed E-state index contributed by atoms with van der Waals surface area (Å²) in [4.78, 5) is 9.62. The minimum atomic E-state index is -1.21. The molecule has 5 N–H and O–H groups in total. The fraction of sp³-hybridized carbons (Fsp3) is 0.833. The Morgan fingerprint density at radius 3 is 1.62 bits per heavy atom. The lowest BCUT2D eigenvalue weighted by Gasteiger charge is -2.20. The third-order valence-corrected chi connectivity index (χ3v) is 1.81. The molecule has 0 aliphatic rings. The van der Waals surface area contributed by atoms with Gasteiger partial charge in [0.2, 0.25) is 10.5 Å². The van der Waals surface area contributed by atoms with Crippen LogP contribution in [0.25, 0.3) is 0 Å². The number of nitrogens with two attached hydrogens (primary N) is 1. The van der Waals surface area contributed by atoms with Gasteiger partial charge < -0.3 is 25.5 Å². The van der Waals surface area contributed by atoms with Crippen molar-refractivity contribution >= 4 is 16.5 Å². The van der Waals surface area contributed by atoms with Crippen molar-refractivity contribution in [3.8, 4) is 0 Å². The molecule has 0 rings (SSSR count). The number of hydrogen-bond donors (Lipinski definition) is 4. The van der Waals surface area contributed by atoms with E-state index < -0.39 is 25.4 Å². The highest BCUT2D eigenvalue weighted by atomic mass is 28.2.